The number of esters is 1. The predicted molar refractivity (Wildman–Crippen MR) is 96.5 cm³/mol. The van der Waals surface area contributed by atoms with Crippen LogP contribution in [0, 0.1) is 0 Å². The SMILES string of the molecule is CC[C@H](C)Oc1ccc(/C=C2/SC(=O)N(CC(=O)OC)C2=O)cc1Cl. The van der Waals surface area contributed by atoms with Gasteiger partial charge in [-0.15, -0.1) is 0 Å². The van der Waals surface area contributed by atoms with Gasteiger partial charge in [0.05, 0.1) is 23.1 Å². The normalized spacial score (nSPS) is 17.1. The highest BCUT2D eigenvalue weighted by Gasteiger charge is 2.36. The number of imide groups is 1. The maximum absolute atomic E-state index is 12.3. The number of amides is 2. The van der Waals surface area contributed by atoms with Gasteiger partial charge in [0.2, 0.25) is 0 Å². The first-order valence-electron chi connectivity index (χ1n) is 7.64. The van der Waals surface area contributed by atoms with Crippen LogP contribution in [0.2, 0.25) is 5.02 Å². The van der Waals surface area contributed by atoms with Crippen molar-refractivity contribution in [1.29, 1.82) is 0 Å². The van der Waals surface area contributed by atoms with Gasteiger partial charge in [0.1, 0.15) is 12.3 Å². The number of nitrogens with zero attached hydrogens (tertiary/aromatic N) is 1. The Kier molecular flexibility index (Phi) is 6.50. The van der Waals surface area contributed by atoms with Gasteiger partial charge in [-0.1, -0.05) is 24.6 Å². The number of benzene rings is 1. The summed E-state index contributed by atoms with van der Waals surface area (Å²) in [5.41, 5.74) is 0.657. The third-order valence-corrected chi connectivity index (χ3v) is 4.75. The van der Waals surface area contributed by atoms with Gasteiger partial charge >= 0.3 is 5.97 Å². The van der Waals surface area contributed by atoms with E-state index in [0.29, 0.717) is 16.3 Å². The minimum atomic E-state index is -0.654. The molecular weight excluding hydrogens is 366 g/mol. The summed E-state index contributed by atoms with van der Waals surface area (Å²) in [6.45, 7) is 3.56. The fourth-order valence-electron chi connectivity index (χ4n) is 1.98. The Hall–Kier alpha value is -1.99. The molecule has 2 rings (SSSR count). The molecule has 2 amide bonds. The Morgan fingerprint density at radius 1 is 1.40 bits per heavy atom. The zero-order chi connectivity index (χ0) is 18.6. The molecule has 1 saturated heterocycles. The monoisotopic (exact) mass is 383 g/mol. The largest absolute Gasteiger partial charge is 0.489 e. The summed E-state index contributed by atoms with van der Waals surface area (Å²) in [4.78, 5) is 36.5. The van der Waals surface area contributed by atoms with Crippen LogP contribution in [0.4, 0.5) is 4.79 Å². The van der Waals surface area contributed by atoms with E-state index in [1.807, 2.05) is 13.8 Å². The van der Waals surface area contributed by atoms with E-state index >= 15 is 0 Å². The molecule has 134 valence electrons. The van der Waals surface area contributed by atoms with Gasteiger partial charge in [0, 0.05) is 0 Å². The molecule has 0 unspecified atom stereocenters. The lowest BCUT2D eigenvalue weighted by atomic mass is 10.2. The van der Waals surface area contributed by atoms with Crippen molar-refractivity contribution in [2.45, 2.75) is 26.4 Å². The van der Waals surface area contributed by atoms with Crippen molar-refractivity contribution in [3.8, 4) is 5.75 Å². The molecule has 25 heavy (non-hydrogen) atoms. The summed E-state index contributed by atoms with van der Waals surface area (Å²) >= 11 is 6.98. The molecule has 0 saturated carbocycles. The van der Waals surface area contributed by atoms with E-state index in [1.165, 1.54) is 7.11 Å². The van der Waals surface area contributed by atoms with Gasteiger partial charge in [-0.2, -0.15) is 0 Å². The van der Waals surface area contributed by atoms with E-state index in [1.54, 1.807) is 24.3 Å². The number of methoxy groups -OCH3 is 1. The summed E-state index contributed by atoms with van der Waals surface area (Å²) in [7, 11) is 1.20. The molecule has 0 N–H and O–H groups in total. The van der Waals surface area contributed by atoms with Crippen LogP contribution in [0.5, 0.6) is 5.75 Å². The van der Waals surface area contributed by atoms with Crippen molar-refractivity contribution < 1.29 is 23.9 Å². The Balaban J connectivity index is 2.17. The van der Waals surface area contributed by atoms with Crippen molar-refractivity contribution in [1.82, 2.24) is 4.90 Å². The fraction of sp³-hybridized carbons (Fsp3) is 0.353. The maximum atomic E-state index is 12.3. The third kappa shape index (κ3) is 4.76. The lowest BCUT2D eigenvalue weighted by Gasteiger charge is -2.14. The summed E-state index contributed by atoms with van der Waals surface area (Å²) in [6, 6.07) is 5.13. The Morgan fingerprint density at radius 2 is 2.12 bits per heavy atom. The lowest BCUT2D eigenvalue weighted by molar-refractivity contribution is -0.143. The van der Waals surface area contributed by atoms with Crippen molar-refractivity contribution in [3.63, 3.8) is 0 Å². The number of thioether (sulfide) groups is 1. The van der Waals surface area contributed by atoms with Gasteiger partial charge in [-0.05, 0) is 48.9 Å². The summed E-state index contributed by atoms with van der Waals surface area (Å²) in [5.74, 6) is -0.624. The molecule has 0 aliphatic carbocycles. The molecule has 6 nitrogen and oxygen atoms in total. The Bertz CT molecular complexity index is 734. The van der Waals surface area contributed by atoms with Crippen LogP contribution >= 0.6 is 23.4 Å². The number of hydrogen-bond donors (Lipinski definition) is 0. The van der Waals surface area contributed by atoms with E-state index in [-0.39, 0.29) is 11.0 Å². The summed E-state index contributed by atoms with van der Waals surface area (Å²) < 4.78 is 10.2. The number of carbonyl (C=O) groups excluding carboxylic acids is 3. The second-order valence-corrected chi connectivity index (χ2v) is 6.77. The molecule has 0 spiro atoms. The Morgan fingerprint density at radius 3 is 2.72 bits per heavy atom. The maximum Gasteiger partial charge on any atom is 0.325 e. The van der Waals surface area contributed by atoms with Crippen LogP contribution in [0.1, 0.15) is 25.8 Å². The molecule has 1 atom stereocenters. The number of ether oxygens (including phenoxy) is 2. The highest BCUT2D eigenvalue weighted by Crippen LogP contribution is 2.34. The van der Waals surface area contributed by atoms with E-state index < -0.39 is 23.7 Å². The van der Waals surface area contributed by atoms with Gasteiger partial charge in [-0.3, -0.25) is 19.3 Å². The molecule has 1 heterocycles. The van der Waals surface area contributed by atoms with Gasteiger partial charge in [0.25, 0.3) is 11.1 Å². The van der Waals surface area contributed by atoms with E-state index in [9.17, 15) is 14.4 Å². The first kappa shape index (κ1) is 19.3. The molecule has 1 aromatic carbocycles. The second-order valence-electron chi connectivity index (χ2n) is 5.37. The number of rotatable bonds is 6. The number of carbonyl (C=O) groups is 3. The van der Waals surface area contributed by atoms with E-state index in [2.05, 4.69) is 4.74 Å². The zero-order valence-electron chi connectivity index (χ0n) is 14.1. The van der Waals surface area contributed by atoms with E-state index in [4.69, 9.17) is 16.3 Å². The summed E-state index contributed by atoms with van der Waals surface area (Å²) in [6.07, 6.45) is 2.45. The average Bonchev–Trinajstić information content (AvgIpc) is 2.84. The van der Waals surface area contributed by atoms with Crippen molar-refractivity contribution >= 4 is 46.6 Å². The van der Waals surface area contributed by atoms with Crippen molar-refractivity contribution in [2.24, 2.45) is 0 Å². The van der Waals surface area contributed by atoms with Crippen LogP contribution < -0.4 is 4.74 Å². The minimum Gasteiger partial charge on any atom is -0.489 e. The smallest absolute Gasteiger partial charge is 0.325 e. The van der Waals surface area contributed by atoms with Gasteiger partial charge in [0.15, 0.2) is 0 Å². The van der Waals surface area contributed by atoms with Crippen molar-refractivity contribution in [3.05, 3.63) is 33.7 Å². The molecule has 0 aromatic heterocycles. The Labute approximate surface area is 155 Å². The molecule has 0 radical (unpaired) electrons. The first-order valence-corrected chi connectivity index (χ1v) is 8.83. The second kappa shape index (κ2) is 8.40. The van der Waals surface area contributed by atoms with Crippen LogP contribution in [0.15, 0.2) is 23.1 Å². The zero-order valence-corrected chi connectivity index (χ0v) is 15.6. The fourth-order valence-corrected chi connectivity index (χ4v) is 3.06. The molecule has 1 fully saturated rings. The molecule has 1 aliphatic heterocycles. The lowest BCUT2D eigenvalue weighted by Crippen LogP contribution is -2.34. The van der Waals surface area contributed by atoms with Gasteiger partial charge < -0.3 is 9.47 Å². The minimum absolute atomic E-state index is 0.0400. The molecular formula is C17H18ClNO5S. The predicted octanol–water partition coefficient (Wildman–Crippen LogP) is 3.73. The molecule has 1 aliphatic rings. The van der Waals surface area contributed by atoms with Crippen LogP contribution in [0.25, 0.3) is 6.08 Å². The quantitative estimate of drug-likeness (QED) is 0.550. The van der Waals surface area contributed by atoms with Crippen LogP contribution in [-0.2, 0) is 14.3 Å². The first-order chi connectivity index (χ1) is 11.8. The highest BCUT2D eigenvalue weighted by atomic mass is 35.5. The molecule has 0 bridgehead atoms. The van der Waals surface area contributed by atoms with Crippen LogP contribution in [0.3, 0.4) is 0 Å². The number of halogens is 1. The van der Waals surface area contributed by atoms with Crippen molar-refractivity contribution in [2.75, 3.05) is 13.7 Å². The average molecular weight is 384 g/mol. The third-order valence-electron chi connectivity index (χ3n) is 3.55. The topological polar surface area (TPSA) is 72.9 Å². The van der Waals surface area contributed by atoms with Gasteiger partial charge in [-0.25, -0.2) is 0 Å². The highest BCUT2D eigenvalue weighted by molar-refractivity contribution is 8.18. The molecule has 1 aromatic rings. The van der Waals surface area contributed by atoms with Crippen LogP contribution in [-0.4, -0.2) is 41.8 Å². The van der Waals surface area contributed by atoms with E-state index in [0.717, 1.165) is 23.1 Å². The summed E-state index contributed by atoms with van der Waals surface area (Å²) in [5, 5.41) is -0.0905. The molecule has 8 heteroatoms. The standard InChI is InChI=1S/C17H18ClNO5S/c1-4-10(2)24-13-6-5-11(7-12(13)18)8-14-16(21)19(17(22)25-14)9-15(20)23-3/h5-8,10H,4,9H2,1-3H3/b14-8+/t10-/m0/s1. The number of hydrogen-bond acceptors (Lipinski definition) is 6.